The number of nitrogens with one attached hydrogen (secondary N) is 1. The quantitative estimate of drug-likeness (QED) is 0.597. The van der Waals surface area contributed by atoms with Crippen LogP contribution < -0.4 is 10.2 Å². The molecule has 1 aliphatic rings. The van der Waals surface area contributed by atoms with Crippen LogP contribution in [0, 0.1) is 0 Å². The molecule has 1 aliphatic heterocycles. The van der Waals surface area contributed by atoms with Crippen molar-refractivity contribution < 1.29 is 22.4 Å². The first-order chi connectivity index (χ1) is 15.8. The Kier molecular flexibility index (Phi) is 8.15. The van der Waals surface area contributed by atoms with Gasteiger partial charge in [-0.2, -0.15) is 4.31 Å². The second-order valence-electron chi connectivity index (χ2n) is 8.00. The van der Waals surface area contributed by atoms with E-state index in [1.807, 2.05) is 18.7 Å². The summed E-state index contributed by atoms with van der Waals surface area (Å²) >= 11 is 0. The molecule has 0 unspecified atom stereocenters. The Morgan fingerprint density at radius 3 is 2.39 bits per heavy atom. The molecule has 1 aromatic carbocycles. The topological polar surface area (TPSA) is 103 Å². The van der Waals surface area contributed by atoms with Crippen molar-refractivity contribution in [3.8, 4) is 0 Å². The maximum atomic E-state index is 13.2. The molecule has 2 aromatic rings. The highest BCUT2D eigenvalue weighted by molar-refractivity contribution is 7.89. The van der Waals surface area contributed by atoms with Crippen molar-refractivity contribution in [3.63, 3.8) is 0 Å². The fourth-order valence-corrected chi connectivity index (χ4v) is 5.48. The predicted octanol–water partition coefficient (Wildman–Crippen LogP) is 3.01. The van der Waals surface area contributed by atoms with Crippen LogP contribution in [-0.4, -0.2) is 69.2 Å². The molecule has 0 aliphatic carbocycles. The van der Waals surface area contributed by atoms with Gasteiger partial charge in [0.2, 0.25) is 15.9 Å². The van der Waals surface area contributed by atoms with Gasteiger partial charge in [-0.05, 0) is 57.0 Å². The molecule has 2 heterocycles. The van der Waals surface area contributed by atoms with E-state index in [1.165, 1.54) is 34.6 Å². The average molecular weight is 477 g/mol. The molecule has 0 atom stereocenters. The Bertz CT molecular complexity index is 1060. The zero-order valence-corrected chi connectivity index (χ0v) is 20.2. The number of sulfonamides is 1. The fraction of sp³-hybridized carbons (Fsp3) is 0.478. The molecule has 1 N–H and O–H groups in total. The van der Waals surface area contributed by atoms with Gasteiger partial charge in [0.05, 0.1) is 29.1 Å². The number of hydrogen-bond donors (Lipinski definition) is 1. The van der Waals surface area contributed by atoms with Gasteiger partial charge >= 0.3 is 0 Å². The van der Waals surface area contributed by atoms with Crippen LogP contribution in [0.3, 0.4) is 0 Å². The number of carbonyl (C=O) groups excluding carboxylic acids is 2. The second kappa shape index (κ2) is 10.8. The highest BCUT2D eigenvalue weighted by Crippen LogP contribution is 2.31. The van der Waals surface area contributed by atoms with Gasteiger partial charge in [-0.25, -0.2) is 8.42 Å². The molecule has 33 heavy (non-hydrogen) atoms. The Morgan fingerprint density at radius 2 is 1.79 bits per heavy atom. The van der Waals surface area contributed by atoms with Crippen LogP contribution >= 0.6 is 0 Å². The molecule has 0 radical (unpaired) electrons. The molecule has 10 heteroatoms. The summed E-state index contributed by atoms with van der Waals surface area (Å²) in [4.78, 5) is 28.6. The standard InChI is InChI=1S/C23H32N4O5S/c1-4-26(5-2)20-12-11-18(33(30,31)27-13-7-6-8-14-27)16-19(20)24-22(28)17-25(3)23(29)21-10-9-15-32-21/h9-12,15-16H,4-8,13-14,17H2,1-3H3,(H,24,28). The van der Waals surface area contributed by atoms with E-state index in [-0.39, 0.29) is 17.2 Å². The van der Waals surface area contributed by atoms with Crippen molar-refractivity contribution in [1.29, 1.82) is 0 Å². The van der Waals surface area contributed by atoms with Crippen molar-refractivity contribution in [2.24, 2.45) is 0 Å². The van der Waals surface area contributed by atoms with E-state index in [1.54, 1.807) is 18.2 Å². The third-order valence-electron chi connectivity index (χ3n) is 5.76. The normalized spacial score (nSPS) is 14.6. The van der Waals surface area contributed by atoms with Crippen LogP contribution in [-0.2, 0) is 14.8 Å². The Hall–Kier alpha value is -2.85. The molecule has 0 bridgehead atoms. The Balaban J connectivity index is 1.85. The molecule has 180 valence electrons. The van der Waals surface area contributed by atoms with Crippen LogP contribution in [0.5, 0.6) is 0 Å². The van der Waals surface area contributed by atoms with Crippen molar-refractivity contribution >= 4 is 33.2 Å². The zero-order valence-electron chi connectivity index (χ0n) is 19.4. The number of benzene rings is 1. The number of furan rings is 1. The van der Waals surface area contributed by atoms with E-state index in [9.17, 15) is 18.0 Å². The molecule has 3 rings (SSSR count). The lowest BCUT2D eigenvalue weighted by Gasteiger charge is -2.28. The molecule has 0 spiro atoms. The van der Waals surface area contributed by atoms with Crippen molar-refractivity contribution in [2.75, 3.05) is 50.0 Å². The smallest absolute Gasteiger partial charge is 0.289 e. The lowest BCUT2D eigenvalue weighted by Crippen LogP contribution is -2.36. The summed E-state index contributed by atoms with van der Waals surface area (Å²) in [5.74, 6) is -0.706. The predicted molar refractivity (Wildman–Crippen MR) is 127 cm³/mol. The van der Waals surface area contributed by atoms with Gasteiger partial charge in [-0.15, -0.1) is 0 Å². The highest BCUT2D eigenvalue weighted by Gasteiger charge is 2.27. The SMILES string of the molecule is CCN(CC)c1ccc(S(=O)(=O)N2CCCCC2)cc1NC(=O)CN(C)C(=O)c1ccco1. The van der Waals surface area contributed by atoms with Gasteiger partial charge in [-0.1, -0.05) is 6.42 Å². The number of anilines is 2. The van der Waals surface area contributed by atoms with E-state index < -0.39 is 21.8 Å². The second-order valence-corrected chi connectivity index (χ2v) is 9.94. The van der Waals surface area contributed by atoms with Crippen LogP contribution in [0.25, 0.3) is 0 Å². The summed E-state index contributed by atoms with van der Waals surface area (Å²) in [6.07, 6.45) is 4.11. The maximum Gasteiger partial charge on any atom is 0.289 e. The average Bonchev–Trinajstić information content (AvgIpc) is 3.35. The van der Waals surface area contributed by atoms with Crippen molar-refractivity contribution in [2.45, 2.75) is 38.0 Å². The van der Waals surface area contributed by atoms with Gasteiger partial charge in [-0.3, -0.25) is 9.59 Å². The molecule has 1 fully saturated rings. The first-order valence-electron chi connectivity index (χ1n) is 11.3. The minimum absolute atomic E-state index is 0.142. The number of amides is 2. The molecule has 9 nitrogen and oxygen atoms in total. The summed E-state index contributed by atoms with van der Waals surface area (Å²) in [5.41, 5.74) is 1.13. The number of likely N-dealkylation sites (N-methyl/N-ethyl adjacent to an activating group) is 1. The minimum Gasteiger partial charge on any atom is -0.459 e. The largest absolute Gasteiger partial charge is 0.459 e. The molecular weight excluding hydrogens is 444 g/mol. The third-order valence-corrected chi connectivity index (χ3v) is 7.65. The van der Waals surface area contributed by atoms with Crippen LogP contribution in [0.15, 0.2) is 45.9 Å². The lowest BCUT2D eigenvalue weighted by atomic mass is 10.2. The van der Waals surface area contributed by atoms with Gasteiger partial charge in [0, 0.05) is 33.2 Å². The van der Waals surface area contributed by atoms with E-state index >= 15 is 0 Å². The number of hydrogen-bond acceptors (Lipinski definition) is 6. The monoisotopic (exact) mass is 476 g/mol. The lowest BCUT2D eigenvalue weighted by molar-refractivity contribution is -0.116. The molecular formula is C23H32N4O5S. The number of piperidine rings is 1. The van der Waals surface area contributed by atoms with Gasteiger partial charge < -0.3 is 19.5 Å². The Morgan fingerprint density at radius 1 is 1.09 bits per heavy atom. The summed E-state index contributed by atoms with van der Waals surface area (Å²) in [5, 5.41) is 2.82. The first-order valence-corrected chi connectivity index (χ1v) is 12.7. The van der Waals surface area contributed by atoms with Crippen LogP contribution in [0.2, 0.25) is 0 Å². The summed E-state index contributed by atoms with van der Waals surface area (Å²) < 4.78 is 33.0. The Labute approximate surface area is 195 Å². The minimum atomic E-state index is -3.66. The van der Waals surface area contributed by atoms with Crippen molar-refractivity contribution in [3.05, 3.63) is 42.4 Å². The highest BCUT2D eigenvalue weighted by atomic mass is 32.2. The van der Waals surface area contributed by atoms with Gasteiger partial charge in [0.15, 0.2) is 5.76 Å². The number of carbonyl (C=O) groups is 2. The third kappa shape index (κ3) is 5.75. The van der Waals surface area contributed by atoms with Gasteiger partial charge in [0.25, 0.3) is 5.91 Å². The molecule has 2 amide bonds. The zero-order chi connectivity index (χ0) is 24.0. The van der Waals surface area contributed by atoms with Crippen molar-refractivity contribution in [1.82, 2.24) is 9.21 Å². The van der Waals surface area contributed by atoms with Crippen LogP contribution in [0.4, 0.5) is 11.4 Å². The van der Waals surface area contributed by atoms with E-state index in [2.05, 4.69) is 5.32 Å². The summed E-state index contributed by atoms with van der Waals surface area (Å²) in [7, 11) is -2.15. The summed E-state index contributed by atoms with van der Waals surface area (Å²) in [6.45, 7) is 6.15. The number of rotatable bonds is 9. The van der Waals surface area contributed by atoms with Crippen LogP contribution in [0.1, 0.15) is 43.7 Å². The molecule has 1 saturated heterocycles. The molecule has 0 saturated carbocycles. The first kappa shape index (κ1) is 24.8. The maximum absolute atomic E-state index is 13.2. The number of nitrogens with zero attached hydrogens (tertiary/aromatic N) is 3. The fourth-order valence-electron chi connectivity index (χ4n) is 3.94. The van der Waals surface area contributed by atoms with Gasteiger partial charge in [0.1, 0.15) is 0 Å². The molecule has 1 aromatic heterocycles. The van der Waals surface area contributed by atoms with E-state index in [0.717, 1.165) is 24.9 Å². The van der Waals surface area contributed by atoms with E-state index in [4.69, 9.17) is 4.42 Å². The van der Waals surface area contributed by atoms with E-state index in [0.29, 0.717) is 31.9 Å². The summed E-state index contributed by atoms with van der Waals surface area (Å²) in [6, 6.07) is 7.98.